The van der Waals surface area contributed by atoms with E-state index in [9.17, 15) is 18.0 Å². The summed E-state index contributed by atoms with van der Waals surface area (Å²) >= 11 is 0. The van der Waals surface area contributed by atoms with Gasteiger partial charge in [0.15, 0.2) is 16.4 Å². The molecule has 1 heterocycles. The number of carboxylic acid groups (broad SMARTS) is 1. The maximum atomic E-state index is 12.1. The largest absolute Gasteiger partial charge is 0.482 e. The molecule has 1 amide bonds. The number of carbonyl (C=O) groups excluding carboxylic acids is 1. The van der Waals surface area contributed by atoms with Gasteiger partial charge in [-0.2, -0.15) is 0 Å². The smallest absolute Gasteiger partial charge is 0.341 e. The Hall–Kier alpha value is -2.09. The second-order valence-corrected chi connectivity index (χ2v) is 7.70. The maximum absolute atomic E-state index is 12.1. The van der Waals surface area contributed by atoms with Gasteiger partial charge in [-0.15, -0.1) is 0 Å². The standard InChI is InChI=1S/C15H19NO6S/c17-14(18)10-22-12-5-3-4-11(8-12)9-16-15(19)13-6-1-2-7-23(13,20)21/h3-5,8,13H,1-2,6-7,9-10H2,(H,16,19)(H,17,18). The van der Waals surface area contributed by atoms with Crippen LogP contribution in [0.4, 0.5) is 0 Å². The molecule has 1 aromatic rings. The summed E-state index contributed by atoms with van der Waals surface area (Å²) in [6, 6.07) is 6.64. The van der Waals surface area contributed by atoms with Crippen LogP contribution in [0.3, 0.4) is 0 Å². The van der Waals surface area contributed by atoms with Gasteiger partial charge in [-0.25, -0.2) is 13.2 Å². The maximum Gasteiger partial charge on any atom is 0.341 e. The number of amides is 1. The molecule has 7 nitrogen and oxygen atoms in total. The molecule has 0 spiro atoms. The Balaban J connectivity index is 1.93. The van der Waals surface area contributed by atoms with Gasteiger partial charge in [0.25, 0.3) is 0 Å². The van der Waals surface area contributed by atoms with Crippen LogP contribution in [0.25, 0.3) is 0 Å². The van der Waals surface area contributed by atoms with E-state index in [4.69, 9.17) is 9.84 Å². The SMILES string of the molecule is O=C(O)COc1cccc(CNC(=O)C2CCCCS2(=O)=O)c1. The van der Waals surface area contributed by atoms with E-state index in [-0.39, 0.29) is 12.3 Å². The number of benzene rings is 1. The normalized spacial score (nSPS) is 19.7. The molecule has 1 aliphatic heterocycles. The fraction of sp³-hybridized carbons (Fsp3) is 0.467. The van der Waals surface area contributed by atoms with Crippen LogP contribution in [0.1, 0.15) is 24.8 Å². The van der Waals surface area contributed by atoms with Crippen LogP contribution in [0, 0.1) is 0 Å². The van der Waals surface area contributed by atoms with Gasteiger partial charge in [0.05, 0.1) is 5.75 Å². The summed E-state index contributed by atoms with van der Waals surface area (Å²) in [5.74, 6) is -1.12. The van der Waals surface area contributed by atoms with Crippen LogP contribution in [0.2, 0.25) is 0 Å². The van der Waals surface area contributed by atoms with E-state index in [2.05, 4.69) is 5.32 Å². The van der Waals surface area contributed by atoms with Gasteiger partial charge >= 0.3 is 5.97 Å². The molecular weight excluding hydrogens is 322 g/mol. The molecule has 1 fully saturated rings. The third kappa shape index (κ3) is 4.95. The Labute approximate surface area is 134 Å². The lowest BCUT2D eigenvalue weighted by molar-refractivity contribution is -0.139. The first-order valence-corrected chi connectivity index (χ1v) is 9.03. The van der Waals surface area contributed by atoms with Crippen molar-refractivity contribution in [3.63, 3.8) is 0 Å². The second kappa shape index (κ2) is 7.45. The van der Waals surface area contributed by atoms with E-state index in [1.165, 1.54) is 0 Å². The van der Waals surface area contributed by atoms with Gasteiger partial charge in [0, 0.05) is 6.54 Å². The predicted octanol–water partition coefficient (Wildman–Crippen LogP) is 0.733. The average Bonchev–Trinajstić information content (AvgIpc) is 2.50. The second-order valence-electron chi connectivity index (χ2n) is 5.40. The Morgan fingerprint density at radius 2 is 2.09 bits per heavy atom. The first-order chi connectivity index (χ1) is 10.9. The molecule has 2 rings (SSSR count). The fourth-order valence-corrected chi connectivity index (χ4v) is 4.27. The Kier molecular flexibility index (Phi) is 5.59. The van der Waals surface area contributed by atoms with Crippen molar-refractivity contribution >= 4 is 21.7 Å². The van der Waals surface area contributed by atoms with Gasteiger partial charge in [0.1, 0.15) is 11.0 Å². The lowest BCUT2D eigenvalue weighted by atomic mass is 10.1. The molecule has 0 aliphatic carbocycles. The minimum Gasteiger partial charge on any atom is -0.482 e. The average molecular weight is 341 g/mol. The zero-order valence-electron chi connectivity index (χ0n) is 12.5. The fourth-order valence-electron chi connectivity index (χ4n) is 2.44. The zero-order chi connectivity index (χ0) is 16.9. The molecule has 1 aliphatic rings. The van der Waals surface area contributed by atoms with Crippen molar-refractivity contribution in [3.05, 3.63) is 29.8 Å². The summed E-state index contributed by atoms with van der Waals surface area (Å²) in [6.07, 6.45) is 1.70. The highest BCUT2D eigenvalue weighted by Crippen LogP contribution is 2.20. The van der Waals surface area contributed by atoms with Crippen LogP contribution in [-0.4, -0.2) is 43.0 Å². The monoisotopic (exact) mass is 341 g/mol. The summed E-state index contributed by atoms with van der Waals surface area (Å²) in [5, 5.41) is 10.2. The first-order valence-electron chi connectivity index (χ1n) is 7.31. The summed E-state index contributed by atoms with van der Waals surface area (Å²) in [6.45, 7) is -0.286. The number of sulfone groups is 1. The lowest BCUT2D eigenvalue weighted by Gasteiger charge is -2.21. The highest BCUT2D eigenvalue weighted by atomic mass is 32.2. The van der Waals surface area contributed by atoms with Gasteiger partial charge in [-0.1, -0.05) is 18.6 Å². The van der Waals surface area contributed by atoms with Crippen molar-refractivity contribution < 1.29 is 27.9 Å². The summed E-state index contributed by atoms with van der Waals surface area (Å²) in [7, 11) is -3.36. The van der Waals surface area contributed by atoms with Crippen LogP contribution < -0.4 is 10.1 Å². The number of ether oxygens (including phenoxy) is 1. The van der Waals surface area contributed by atoms with Crippen molar-refractivity contribution in [1.29, 1.82) is 0 Å². The Morgan fingerprint density at radius 1 is 1.30 bits per heavy atom. The van der Waals surface area contributed by atoms with Gasteiger partial charge in [-0.05, 0) is 30.5 Å². The number of hydrogen-bond acceptors (Lipinski definition) is 5. The van der Waals surface area contributed by atoms with Crippen molar-refractivity contribution in [2.75, 3.05) is 12.4 Å². The van der Waals surface area contributed by atoms with Crippen LogP contribution >= 0.6 is 0 Å². The number of rotatable bonds is 6. The topological polar surface area (TPSA) is 110 Å². The van der Waals surface area contributed by atoms with Crippen LogP contribution in [0.15, 0.2) is 24.3 Å². The van der Waals surface area contributed by atoms with E-state index in [0.29, 0.717) is 24.2 Å². The van der Waals surface area contributed by atoms with Crippen molar-refractivity contribution in [2.45, 2.75) is 31.1 Å². The summed E-state index contributed by atoms with van der Waals surface area (Å²) < 4.78 is 28.9. The van der Waals surface area contributed by atoms with Gasteiger partial charge < -0.3 is 15.2 Å². The molecule has 0 aromatic heterocycles. The molecule has 126 valence electrons. The molecule has 8 heteroatoms. The number of nitrogens with one attached hydrogen (secondary N) is 1. The summed E-state index contributed by atoms with van der Waals surface area (Å²) in [4.78, 5) is 22.6. The molecule has 1 saturated heterocycles. The highest BCUT2D eigenvalue weighted by molar-refractivity contribution is 7.92. The minimum atomic E-state index is -3.36. The number of carbonyl (C=O) groups is 2. The number of hydrogen-bond donors (Lipinski definition) is 2. The predicted molar refractivity (Wildman–Crippen MR) is 82.8 cm³/mol. The lowest BCUT2D eigenvalue weighted by Crippen LogP contribution is -2.42. The van der Waals surface area contributed by atoms with E-state index in [1.54, 1.807) is 24.3 Å². The van der Waals surface area contributed by atoms with Crippen LogP contribution in [-0.2, 0) is 26.0 Å². The van der Waals surface area contributed by atoms with E-state index >= 15 is 0 Å². The zero-order valence-corrected chi connectivity index (χ0v) is 13.3. The molecule has 23 heavy (non-hydrogen) atoms. The molecule has 1 aromatic carbocycles. The van der Waals surface area contributed by atoms with Crippen molar-refractivity contribution in [2.24, 2.45) is 0 Å². The van der Waals surface area contributed by atoms with E-state index in [1.807, 2.05) is 0 Å². The van der Waals surface area contributed by atoms with Crippen molar-refractivity contribution in [3.8, 4) is 5.75 Å². The molecule has 1 unspecified atom stereocenters. The summed E-state index contributed by atoms with van der Waals surface area (Å²) in [5.41, 5.74) is 0.703. The molecular formula is C15H19NO6S. The van der Waals surface area contributed by atoms with E-state index in [0.717, 1.165) is 6.42 Å². The van der Waals surface area contributed by atoms with Gasteiger partial charge in [-0.3, -0.25) is 4.79 Å². The Bertz CT molecular complexity index is 685. The number of aliphatic carboxylic acids is 1. The first kappa shape index (κ1) is 17.3. The minimum absolute atomic E-state index is 0.0591. The molecule has 0 radical (unpaired) electrons. The third-order valence-electron chi connectivity index (χ3n) is 3.60. The molecule has 2 N–H and O–H groups in total. The van der Waals surface area contributed by atoms with Crippen LogP contribution in [0.5, 0.6) is 5.75 Å². The number of carboxylic acids is 1. The van der Waals surface area contributed by atoms with Crippen molar-refractivity contribution in [1.82, 2.24) is 5.32 Å². The molecule has 0 bridgehead atoms. The molecule has 0 saturated carbocycles. The van der Waals surface area contributed by atoms with Gasteiger partial charge in [0.2, 0.25) is 5.91 Å². The third-order valence-corrected chi connectivity index (χ3v) is 5.77. The highest BCUT2D eigenvalue weighted by Gasteiger charge is 2.34. The quantitative estimate of drug-likeness (QED) is 0.789. The Morgan fingerprint density at radius 3 is 2.78 bits per heavy atom. The van der Waals surface area contributed by atoms with E-state index < -0.39 is 33.6 Å². The molecule has 1 atom stereocenters.